The fourth-order valence-electron chi connectivity index (χ4n) is 1.24. The van der Waals surface area contributed by atoms with E-state index in [0.29, 0.717) is 8.17 Å². The molecular formula is C10H9BrF2INO2. The fourth-order valence-corrected chi connectivity index (χ4v) is 2.85. The molecule has 1 aromatic rings. The van der Waals surface area contributed by atoms with Gasteiger partial charge in [-0.15, -0.1) is 0 Å². The number of aromatic nitrogens is 1. The average molecular weight is 420 g/mol. The molecule has 0 spiro atoms. The second-order valence-electron chi connectivity index (χ2n) is 3.07. The summed E-state index contributed by atoms with van der Waals surface area (Å²) < 4.78 is 31.2. The Morgan fingerprint density at radius 3 is 2.82 bits per heavy atom. The van der Waals surface area contributed by atoms with Gasteiger partial charge in [0.05, 0.1) is 13.0 Å². The van der Waals surface area contributed by atoms with Crippen LogP contribution in [0, 0.1) is 3.57 Å². The van der Waals surface area contributed by atoms with Crippen molar-refractivity contribution in [1.29, 1.82) is 0 Å². The summed E-state index contributed by atoms with van der Waals surface area (Å²) in [4.78, 5) is 15.0. The lowest BCUT2D eigenvalue weighted by atomic mass is 10.1. The van der Waals surface area contributed by atoms with Gasteiger partial charge in [-0.05, 0) is 51.5 Å². The van der Waals surface area contributed by atoms with E-state index >= 15 is 0 Å². The lowest BCUT2D eigenvalue weighted by Gasteiger charge is -2.10. The number of esters is 1. The molecule has 7 heteroatoms. The third kappa shape index (κ3) is 4.13. The summed E-state index contributed by atoms with van der Waals surface area (Å²) in [5, 5.41) is 0. The summed E-state index contributed by atoms with van der Waals surface area (Å²) in [6, 6.07) is 1.58. The quantitative estimate of drug-likeness (QED) is 0.426. The Bertz CT molecular complexity index is 429. The zero-order valence-corrected chi connectivity index (χ0v) is 12.6. The number of nitrogens with zero attached hydrogens (tertiary/aromatic N) is 1. The van der Waals surface area contributed by atoms with Crippen LogP contribution in [-0.2, 0) is 16.0 Å². The van der Waals surface area contributed by atoms with Crippen LogP contribution in [0.25, 0.3) is 0 Å². The molecule has 0 N–H and O–H groups in total. The standard InChI is InChI=1S/C10H9BrF2INO2/c1-2-17-8(16)3-5-6(14)4-7(11)15-9(5)10(12)13/h4,10H,2-3H2,1H3. The summed E-state index contributed by atoms with van der Waals surface area (Å²) in [5.41, 5.74) is -0.154. The maximum absolute atomic E-state index is 12.8. The Hall–Kier alpha value is -0.310. The first-order valence-electron chi connectivity index (χ1n) is 4.74. The summed E-state index contributed by atoms with van der Waals surface area (Å²) >= 11 is 4.94. The molecule has 1 aromatic heterocycles. The number of carbonyl (C=O) groups is 1. The van der Waals surface area contributed by atoms with E-state index in [-0.39, 0.29) is 24.3 Å². The molecule has 0 unspecified atom stereocenters. The maximum atomic E-state index is 12.8. The van der Waals surface area contributed by atoms with Crippen molar-refractivity contribution < 1.29 is 18.3 Å². The highest BCUT2D eigenvalue weighted by molar-refractivity contribution is 14.1. The number of ether oxygens (including phenoxy) is 1. The van der Waals surface area contributed by atoms with Crippen molar-refractivity contribution in [1.82, 2.24) is 4.98 Å². The zero-order valence-electron chi connectivity index (χ0n) is 8.84. The lowest BCUT2D eigenvalue weighted by Crippen LogP contribution is -2.12. The van der Waals surface area contributed by atoms with Gasteiger partial charge in [-0.2, -0.15) is 0 Å². The number of hydrogen-bond acceptors (Lipinski definition) is 3. The number of carbonyl (C=O) groups excluding carboxylic acids is 1. The number of alkyl halides is 2. The van der Waals surface area contributed by atoms with E-state index in [9.17, 15) is 13.6 Å². The summed E-state index contributed by atoms with van der Waals surface area (Å²) in [6.07, 6.45) is -2.91. The summed E-state index contributed by atoms with van der Waals surface area (Å²) in [6.45, 7) is 1.89. The average Bonchev–Trinajstić information content (AvgIpc) is 2.21. The van der Waals surface area contributed by atoms with E-state index in [4.69, 9.17) is 4.74 Å². The molecule has 0 saturated heterocycles. The van der Waals surface area contributed by atoms with Gasteiger partial charge in [0.1, 0.15) is 10.3 Å². The van der Waals surface area contributed by atoms with Crippen LogP contribution >= 0.6 is 38.5 Å². The number of pyridine rings is 1. The summed E-state index contributed by atoms with van der Waals surface area (Å²) in [5.74, 6) is -0.531. The second kappa shape index (κ2) is 6.58. The monoisotopic (exact) mass is 419 g/mol. The SMILES string of the molecule is CCOC(=O)Cc1c(I)cc(Br)nc1C(F)F. The minimum atomic E-state index is -2.72. The van der Waals surface area contributed by atoms with E-state index in [1.807, 2.05) is 22.6 Å². The van der Waals surface area contributed by atoms with Crippen LogP contribution in [0.4, 0.5) is 8.78 Å². The van der Waals surface area contributed by atoms with Crippen LogP contribution in [0.3, 0.4) is 0 Å². The minimum Gasteiger partial charge on any atom is -0.466 e. The van der Waals surface area contributed by atoms with Crippen LogP contribution in [0.5, 0.6) is 0 Å². The number of halogens is 4. The first-order valence-corrected chi connectivity index (χ1v) is 6.61. The Morgan fingerprint density at radius 2 is 2.29 bits per heavy atom. The van der Waals surface area contributed by atoms with Gasteiger partial charge in [0, 0.05) is 9.13 Å². The van der Waals surface area contributed by atoms with Crippen molar-refractivity contribution in [2.45, 2.75) is 19.8 Å². The van der Waals surface area contributed by atoms with E-state index in [1.54, 1.807) is 13.0 Å². The molecule has 0 amide bonds. The van der Waals surface area contributed by atoms with E-state index in [2.05, 4.69) is 20.9 Å². The van der Waals surface area contributed by atoms with Crippen LogP contribution in [0.1, 0.15) is 24.6 Å². The smallest absolute Gasteiger partial charge is 0.310 e. The predicted molar refractivity (Wildman–Crippen MR) is 69.9 cm³/mol. The van der Waals surface area contributed by atoms with Crippen molar-refractivity contribution in [2.75, 3.05) is 6.61 Å². The first kappa shape index (κ1) is 14.7. The molecule has 94 valence electrons. The van der Waals surface area contributed by atoms with Crippen molar-refractivity contribution in [3.63, 3.8) is 0 Å². The largest absolute Gasteiger partial charge is 0.466 e. The third-order valence-corrected chi connectivity index (χ3v) is 3.27. The normalized spacial score (nSPS) is 10.7. The molecule has 0 fully saturated rings. The topological polar surface area (TPSA) is 39.2 Å². The van der Waals surface area contributed by atoms with Crippen molar-refractivity contribution >= 4 is 44.5 Å². The van der Waals surface area contributed by atoms with Gasteiger partial charge in [0.2, 0.25) is 0 Å². The molecule has 0 saturated carbocycles. The molecule has 0 aliphatic carbocycles. The molecule has 0 radical (unpaired) electrons. The second-order valence-corrected chi connectivity index (χ2v) is 5.05. The molecule has 0 atom stereocenters. The summed E-state index contributed by atoms with van der Waals surface area (Å²) in [7, 11) is 0. The van der Waals surface area contributed by atoms with Gasteiger partial charge < -0.3 is 4.74 Å². The Morgan fingerprint density at radius 1 is 1.65 bits per heavy atom. The van der Waals surface area contributed by atoms with E-state index < -0.39 is 12.4 Å². The van der Waals surface area contributed by atoms with E-state index in [0.717, 1.165) is 0 Å². The van der Waals surface area contributed by atoms with Gasteiger partial charge in [-0.1, -0.05) is 0 Å². The van der Waals surface area contributed by atoms with Gasteiger partial charge in [0.15, 0.2) is 0 Å². The highest BCUT2D eigenvalue weighted by Crippen LogP contribution is 2.27. The van der Waals surface area contributed by atoms with Crippen molar-refractivity contribution in [2.24, 2.45) is 0 Å². The van der Waals surface area contributed by atoms with Crippen LogP contribution in [-0.4, -0.2) is 17.6 Å². The molecule has 17 heavy (non-hydrogen) atoms. The lowest BCUT2D eigenvalue weighted by molar-refractivity contribution is -0.142. The molecule has 1 rings (SSSR count). The maximum Gasteiger partial charge on any atom is 0.310 e. The molecule has 0 aromatic carbocycles. The van der Waals surface area contributed by atoms with Gasteiger partial charge in [0.25, 0.3) is 6.43 Å². The van der Waals surface area contributed by atoms with Crippen molar-refractivity contribution in [3.05, 3.63) is 25.5 Å². The highest BCUT2D eigenvalue weighted by atomic mass is 127. The van der Waals surface area contributed by atoms with Crippen LogP contribution in [0.2, 0.25) is 0 Å². The molecule has 0 bridgehead atoms. The first-order chi connectivity index (χ1) is 7.95. The van der Waals surface area contributed by atoms with Crippen LogP contribution in [0.15, 0.2) is 10.7 Å². The predicted octanol–water partition coefficient (Wildman–Crippen LogP) is 3.49. The number of hydrogen-bond donors (Lipinski definition) is 0. The Kier molecular flexibility index (Phi) is 5.71. The highest BCUT2D eigenvalue weighted by Gasteiger charge is 2.21. The Labute approximate surface area is 119 Å². The third-order valence-electron chi connectivity index (χ3n) is 1.90. The fraction of sp³-hybridized carbons (Fsp3) is 0.400. The van der Waals surface area contributed by atoms with Crippen LogP contribution < -0.4 is 0 Å². The van der Waals surface area contributed by atoms with Gasteiger partial charge in [-0.3, -0.25) is 4.79 Å². The molecular weight excluding hydrogens is 411 g/mol. The Balaban J connectivity index is 3.08. The minimum absolute atomic E-state index is 0.188. The molecule has 1 heterocycles. The van der Waals surface area contributed by atoms with Gasteiger partial charge >= 0.3 is 5.97 Å². The number of rotatable bonds is 4. The van der Waals surface area contributed by atoms with E-state index in [1.165, 1.54) is 0 Å². The zero-order chi connectivity index (χ0) is 13.0. The molecule has 3 nitrogen and oxygen atoms in total. The molecule has 0 aliphatic heterocycles. The molecule has 0 aliphatic rings. The van der Waals surface area contributed by atoms with Crippen molar-refractivity contribution in [3.8, 4) is 0 Å². The van der Waals surface area contributed by atoms with Gasteiger partial charge in [-0.25, -0.2) is 13.8 Å².